The Kier molecular flexibility index (Phi) is 3.42. The Morgan fingerprint density at radius 1 is 1.11 bits per heavy atom. The Labute approximate surface area is 113 Å². The lowest BCUT2D eigenvalue weighted by molar-refractivity contribution is -0.116. The summed E-state index contributed by atoms with van der Waals surface area (Å²) in [7, 11) is 3.78. The maximum absolute atomic E-state index is 11.8. The van der Waals surface area contributed by atoms with Gasteiger partial charge in [-0.05, 0) is 43.5 Å². The van der Waals surface area contributed by atoms with E-state index in [0.717, 1.165) is 16.8 Å². The minimum atomic E-state index is -0.152. The van der Waals surface area contributed by atoms with Crippen molar-refractivity contribution in [1.82, 2.24) is 10.3 Å². The zero-order valence-corrected chi connectivity index (χ0v) is 12.0. The van der Waals surface area contributed by atoms with Gasteiger partial charge in [0, 0.05) is 25.9 Å². The fourth-order valence-corrected chi connectivity index (χ4v) is 2.13. The molecule has 1 aliphatic heterocycles. The van der Waals surface area contributed by atoms with E-state index < -0.39 is 0 Å². The first-order valence-electron chi connectivity index (χ1n) is 6.25. The Morgan fingerprint density at radius 3 is 2.37 bits per heavy atom. The molecule has 1 heterocycles. The summed E-state index contributed by atoms with van der Waals surface area (Å²) in [5, 5.41) is 4.18. The second-order valence-electron chi connectivity index (χ2n) is 5.16. The van der Waals surface area contributed by atoms with Crippen molar-refractivity contribution in [3.8, 4) is 0 Å². The number of carbonyl (C=O) groups is 1. The van der Waals surface area contributed by atoms with Crippen LogP contribution in [0.15, 0.2) is 29.0 Å². The summed E-state index contributed by atoms with van der Waals surface area (Å²) in [5.41, 5.74) is 8.45. The van der Waals surface area contributed by atoms with Crippen LogP contribution < -0.4 is 5.43 Å². The van der Waals surface area contributed by atoms with Gasteiger partial charge in [-0.25, -0.2) is 5.43 Å². The Balaban J connectivity index is 2.53. The molecule has 1 aliphatic rings. The minimum Gasteiger partial charge on any atom is -0.383 e. The van der Waals surface area contributed by atoms with Crippen LogP contribution in [0.3, 0.4) is 0 Å². The molecule has 4 heteroatoms. The fraction of sp³-hybridized carbons (Fsp3) is 0.333. The van der Waals surface area contributed by atoms with Crippen LogP contribution in [0.1, 0.15) is 22.3 Å². The Bertz CT molecular complexity index is 598. The zero-order chi connectivity index (χ0) is 14.2. The number of carbonyl (C=O) groups excluding carboxylic acids is 1. The molecule has 19 heavy (non-hydrogen) atoms. The van der Waals surface area contributed by atoms with Gasteiger partial charge in [0.2, 0.25) is 0 Å². The number of benzene rings is 1. The highest BCUT2D eigenvalue weighted by atomic mass is 16.2. The first-order valence-corrected chi connectivity index (χ1v) is 6.25. The average Bonchev–Trinajstić information content (AvgIpc) is 2.65. The Hall–Kier alpha value is -2.10. The third-order valence-corrected chi connectivity index (χ3v) is 3.25. The molecule has 1 N–H and O–H groups in total. The van der Waals surface area contributed by atoms with Crippen LogP contribution in [-0.4, -0.2) is 30.6 Å². The quantitative estimate of drug-likeness (QED) is 0.822. The van der Waals surface area contributed by atoms with Crippen molar-refractivity contribution in [2.75, 3.05) is 14.1 Å². The van der Waals surface area contributed by atoms with E-state index in [1.165, 1.54) is 11.1 Å². The molecular formula is C15H19N3O. The van der Waals surface area contributed by atoms with Gasteiger partial charge in [0.1, 0.15) is 5.71 Å². The molecule has 0 radical (unpaired) electrons. The summed E-state index contributed by atoms with van der Waals surface area (Å²) in [5.74, 6) is -0.152. The molecule has 0 aromatic heterocycles. The van der Waals surface area contributed by atoms with Gasteiger partial charge in [-0.1, -0.05) is 6.07 Å². The topological polar surface area (TPSA) is 44.7 Å². The molecule has 4 nitrogen and oxygen atoms in total. The lowest BCUT2D eigenvalue weighted by Crippen LogP contribution is -2.17. The maximum atomic E-state index is 11.8. The third-order valence-electron chi connectivity index (χ3n) is 3.25. The smallest absolute Gasteiger partial charge is 0.275 e. The van der Waals surface area contributed by atoms with Gasteiger partial charge >= 0.3 is 0 Å². The number of nitrogens with zero attached hydrogens (tertiary/aromatic N) is 2. The molecule has 100 valence electrons. The predicted octanol–water partition coefficient (Wildman–Crippen LogP) is 1.89. The molecule has 0 aliphatic carbocycles. The van der Waals surface area contributed by atoms with Crippen molar-refractivity contribution < 1.29 is 4.79 Å². The highest BCUT2D eigenvalue weighted by Crippen LogP contribution is 2.21. The van der Waals surface area contributed by atoms with E-state index in [1.807, 2.05) is 25.9 Å². The highest BCUT2D eigenvalue weighted by molar-refractivity contribution is 6.31. The van der Waals surface area contributed by atoms with E-state index >= 15 is 0 Å². The van der Waals surface area contributed by atoms with Crippen LogP contribution in [0.5, 0.6) is 0 Å². The van der Waals surface area contributed by atoms with Crippen molar-refractivity contribution in [3.05, 3.63) is 46.2 Å². The van der Waals surface area contributed by atoms with Gasteiger partial charge in [-0.2, -0.15) is 5.10 Å². The number of rotatable bonds is 2. The van der Waals surface area contributed by atoms with Crippen molar-refractivity contribution in [1.29, 1.82) is 0 Å². The maximum Gasteiger partial charge on any atom is 0.275 e. The zero-order valence-electron chi connectivity index (χ0n) is 12.0. The molecule has 1 aromatic rings. The van der Waals surface area contributed by atoms with E-state index in [1.54, 1.807) is 6.20 Å². The van der Waals surface area contributed by atoms with Crippen LogP contribution in [0.25, 0.3) is 0 Å². The van der Waals surface area contributed by atoms with E-state index in [0.29, 0.717) is 5.57 Å². The standard InChI is InChI=1S/C15H19N3O/c1-9-6-11(3)12(7-10(9)2)14-13(8-18(4)5)15(19)17-16-14/h6-8H,1-5H3,(H,17,19)/b13-8-. The molecule has 0 unspecified atom stereocenters. The summed E-state index contributed by atoms with van der Waals surface area (Å²) in [4.78, 5) is 13.7. The summed E-state index contributed by atoms with van der Waals surface area (Å²) in [6.45, 7) is 6.20. The monoisotopic (exact) mass is 257 g/mol. The van der Waals surface area contributed by atoms with E-state index in [-0.39, 0.29) is 5.91 Å². The molecule has 0 fully saturated rings. The SMILES string of the molecule is Cc1cc(C)c(C2=NNC(=O)/C2=C\N(C)C)cc1C. The lowest BCUT2D eigenvalue weighted by atomic mass is 9.94. The van der Waals surface area contributed by atoms with E-state index in [2.05, 4.69) is 36.5 Å². The van der Waals surface area contributed by atoms with Crippen LogP contribution >= 0.6 is 0 Å². The fourth-order valence-electron chi connectivity index (χ4n) is 2.13. The number of hydrazone groups is 1. The van der Waals surface area contributed by atoms with Crippen molar-refractivity contribution in [2.45, 2.75) is 20.8 Å². The third kappa shape index (κ3) is 2.52. The van der Waals surface area contributed by atoms with Gasteiger partial charge in [-0.3, -0.25) is 4.79 Å². The van der Waals surface area contributed by atoms with Crippen LogP contribution in [-0.2, 0) is 4.79 Å². The summed E-state index contributed by atoms with van der Waals surface area (Å²) in [6, 6.07) is 4.22. The molecule has 0 saturated heterocycles. The number of hydrogen-bond acceptors (Lipinski definition) is 3. The first kappa shape index (κ1) is 13.3. The summed E-state index contributed by atoms with van der Waals surface area (Å²) < 4.78 is 0. The molecule has 1 amide bonds. The Morgan fingerprint density at radius 2 is 1.74 bits per heavy atom. The number of amides is 1. The van der Waals surface area contributed by atoms with Gasteiger partial charge in [0.05, 0.1) is 5.57 Å². The van der Waals surface area contributed by atoms with Gasteiger partial charge < -0.3 is 4.90 Å². The number of aryl methyl sites for hydroxylation is 3. The lowest BCUT2D eigenvalue weighted by Gasteiger charge is -2.11. The number of hydrogen-bond donors (Lipinski definition) is 1. The number of nitrogens with one attached hydrogen (secondary N) is 1. The second-order valence-corrected chi connectivity index (χ2v) is 5.16. The van der Waals surface area contributed by atoms with E-state index in [9.17, 15) is 4.79 Å². The molecule has 0 bridgehead atoms. The van der Waals surface area contributed by atoms with Crippen LogP contribution in [0.4, 0.5) is 0 Å². The predicted molar refractivity (Wildman–Crippen MR) is 77.1 cm³/mol. The molecule has 2 rings (SSSR count). The van der Waals surface area contributed by atoms with Gasteiger partial charge in [-0.15, -0.1) is 0 Å². The van der Waals surface area contributed by atoms with Crippen molar-refractivity contribution in [2.24, 2.45) is 5.10 Å². The minimum absolute atomic E-state index is 0.152. The van der Waals surface area contributed by atoms with E-state index in [4.69, 9.17) is 0 Å². The molecule has 1 aromatic carbocycles. The molecule has 0 spiro atoms. The molecule has 0 saturated carbocycles. The molecule has 0 atom stereocenters. The molecular weight excluding hydrogens is 238 g/mol. The first-order chi connectivity index (χ1) is 8.90. The van der Waals surface area contributed by atoms with Gasteiger partial charge in [0.25, 0.3) is 5.91 Å². The normalized spacial score (nSPS) is 16.6. The van der Waals surface area contributed by atoms with Gasteiger partial charge in [0.15, 0.2) is 0 Å². The summed E-state index contributed by atoms with van der Waals surface area (Å²) >= 11 is 0. The van der Waals surface area contributed by atoms with Crippen molar-refractivity contribution >= 4 is 11.6 Å². The largest absolute Gasteiger partial charge is 0.383 e. The second kappa shape index (κ2) is 4.88. The van der Waals surface area contributed by atoms with Crippen molar-refractivity contribution in [3.63, 3.8) is 0 Å². The van der Waals surface area contributed by atoms with Crippen LogP contribution in [0, 0.1) is 20.8 Å². The average molecular weight is 257 g/mol. The highest BCUT2D eigenvalue weighted by Gasteiger charge is 2.25. The van der Waals surface area contributed by atoms with Crippen LogP contribution in [0.2, 0.25) is 0 Å². The summed E-state index contributed by atoms with van der Waals surface area (Å²) in [6.07, 6.45) is 1.80.